The van der Waals surface area contributed by atoms with Crippen LogP contribution in [-0.2, 0) is 10.5 Å². The third-order valence-electron chi connectivity index (χ3n) is 2.18. The van der Waals surface area contributed by atoms with Gasteiger partial charge in [-0.25, -0.2) is 4.98 Å². The Morgan fingerprint density at radius 2 is 2.31 bits per heavy atom. The van der Waals surface area contributed by atoms with Gasteiger partial charge in [-0.05, 0) is 25.6 Å². The van der Waals surface area contributed by atoms with E-state index in [1.165, 1.54) is 0 Å². The van der Waals surface area contributed by atoms with Gasteiger partial charge in [0.2, 0.25) is 5.79 Å². The summed E-state index contributed by atoms with van der Waals surface area (Å²) in [5.41, 5.74) is 0.607. The molecule has 16 heavy (non-hydrogen) atoms. The van der Waals surface area contributed by atoms with Gasteiger partial charge in [-0.3, -0.25) is 0 Å². The summed E-state index contributed by atoms with van der Waals surface area (Å²) in [6.07, 6.45) is 1.55. The number of pyridine rings is 1. The van der Waals surface area contributed by atoms with E-state index < -0.39 is 5.79 Å². The maximum atomic E-state index is 10.4. The Bertz CT molecular complexity index is 336. The van der Waals surface area contributed by atoms with Gasteiger partial charge >= 0.3 is 0 Å². The Hall–Kier alpha value is -0.680. The third-order valence-corrected chi connectivity index (χ3v) is 2.38. The van der Waals surface area contributed by atoms with Crippen molar-refractivity contribution in [1.29, 1.82) is 0 Å². The highest BCUT2D eigenvalue weighted by Crippen LogP contribution is 2.23. The van der Waals surface area contributed by atoms with Crippen LogP contribution in [0.15, 0.2) is 18.3 Å². The molecule has 0 aliphatic carbocycles. The van der Waals surface area contributed by atoms with Gasteiger partial charge in [-0.15, -0.1) is 0 Å². The van der Waals surface area contributed by atoms with Crippen molar-refractivity contribution in [3.8, 4) is 0 Å². The first kappa shape index (κ1) is 13.4. The van der Waals surface area contributed by atoms with Gasteiger partial charge in [-0.1, -0.05) is 18.5 Å². The molecule has 0 spiro atoms. The molecule has 1 aromatic heterocycles. The van der Waals surface area contributed by atoms with E-state index >= 15 is 0 Å². The molecule has 0 aliphatic rings. The van der Waals surface area contributed by atoms with E-state index in [1.807, 2.05) is 13.8 Å². The molecular formula is C11H17ClN2O2. The van der Waals surface area contributed by atoms with Crippen molar-refractivity contribution in [2.24, 2.45) is 0 Å². The molecule has 5 heteroatoms. The summed E-state index contributed by atoms with van der Waals surface area (Å²) in [5.74, 6) is -1.35. The van der Waals surface area contributed by atoms with Crippen LogP contribution < -0.4 is 5.32 Å². The Balaban J connectivity index is 2.91. The fourth-order valence-electron chi connectivity index (χ4n) is 1.42. The summed E-state index contributed by atoms with van der Waals surface area (Å²) in [6.45, 7) is 5.29. The van der Waals surface area contributed by atoms with Crippen LogP contribution in [-0.4, -0.2) is 29.8 Å². The second-order valence-corrected chi connectivity index (χ2v) is 3.75. The monoisotopic (exact) mass is 244 g/mol. The summed E-state index contributed by atoms with van der Waals surface area (Å²) in [5, 5.41) is 13.8. The molecule has 1 aromatic rings. The van der Waals surface area contributed by atoms with Crippen LogP contribution in [0.4, 0.5) is 0 Å². The topological polar surface area (TPSA) is 54.4 Å². The van der Waals surface area contributed by atoms with Crippen molar-refractivity contribution < 1.29 is 9.84 Å². The van der Waals surface area contributed by atoms with Crippen LogP contribution in [0.2, 0.25) is 5.15 Å². The SMILES string of the molecule is CCNCC(O)(OCC)c1ccnc(Cl)c1. The number of likely N-dealkylation sites (N-methyl/N-ethyl adjacent to an activating group) is 1. The molecule has 1 unspecified atom stereocenters. The molecule has 4 nitrogen and oxygen atoms in total. The molecule has 1 heterocycles. The van der Waals surface area contributed by atoms with Crippen molar-refractivity contribution in [2.45, 2.75) is 19.6 Å². The Morgan fingerprint density at radius 3 is 2.88 bits per heavy atom. The lowest BCUT2D eigenvalue weighted by molar-refractivity contribution is -0.205. The third kappa shape index (κ3) is 3.42. The summed E-state index contributed by atoms with van der Waals surface area (Å²) < 4.78 is 5.38. The maximum absolute atomic E-state index is 10.4. The molecule has 1 rings (SSSR count). The minimum atomic E-state index is -1.35. The summed E-state index contributed by atoms with van der Waals surface area (Å²) >= 11 is 5.79. The van der Waals surface area contributed by atoms with E-state index in [9.17, 15) is 5.11 Å². The maximum Gasteiger partial charge on any atom is 0.205 e. The predicted molar refractivity (Wildman–Crippen MR) is 63.3 cm³/mol. The van der Waals surface area contributed by atoms with Gasteiger partial charge in [0.1, 0.15) is 5.15 Å². The van der Waals surface area contributed by atoms with E-state index in [1.54, 1.807) is 18.3 Å². The fraction of sp³-hybridized carbons (Fsp3) is 0.545. The van der Waals surface area contributed by atoms with Crippen LogP contribution in [0.25, 0.3) is 0 Å². The van der Waals surface area contributed by atoms with Crippen molar-refractivity contribution in [3.05, 3.63) is 29.0 Å². The van der Waals surface area contributed by atoms with Crippen molar-refractivity contribution in [3.63, 3.8) is 0 Å². The smallest absolute Gasteiger partial charge is 0.205 e. The van der Waals surface area contributed by atoms with Crippen LogP contribution in [0.5, 0.6) is 0 Å². The van der Waals surface area contributed by atoms with Gasteiger partial charge in [0.05, 0.1) is 6.54 Å². The number of ether oxygens (including phenoxy) is 1. The number of halogens is 1. The zero-order valence-corrected chi connectivity index (χ0v) is 10.3. The second kappa shape index (κ2) is 6.15. The Kier molecular flexibility index (Phi) is 5.15. The highest BCUT2D eigenvalue weighted by molar-refractivity contribution is 6.29. The molecule has 0 bridgehead atoms. The number of rotatable bonds is 6. The van der Waals surface area contributed by atoms with E-state index in [2.05, 4.69) is 10.3 Å². The first-order valence-electron chi connectivity index (χ1n) is 5.31. The lowest BCUT2D eigenvalue weighted by Gasteiger charge is -2.28. The molecule has 1 atom stereocenters. The first-order valence-corrected chi connectivity index (χ1v) is 5.69. The number of nitrogens with one attached hydrogen (secondary N) is 1. The minimum Gasteiger partial charge on any atom is -0.361 e. The average molecular weight is 245 g/mol. The van der Waals surface area contributed by atoms with E-state index in [4.69, 9.17) is 16.3 Å². The number of hydrogen-bond donors (Lipinski definition) is 2. The van der Waals surface area contributed by atoms with Crippen LogP contribution in [0.3, 0.4) is 0 Å². The van der Waals surface area contributed by atoms with Gasteiger partial charge in [0.15, 0.2) is 0 Å². The summed E-state index contributed by atoms with van der Waals surface area (Å²) in [7, 11) is 0. The molecular weight excluding hydrogens is 228 g/mol. The molecule has 0 radical (unpaired) electrons. The molecule has 90 valence electrons. The zero-order chi connectivity index (χ0) is 12.0. The first-order chi connectivity index (χ1) is 7.62. The molecule has 0 amide bonds. The molecule has 0 aromatic carbocycles. The zero-order valence-electron chi connectivity index (χ0n) is 9.53. The van der Waals surface area contributed by atoms with Gasteiger partial charge < -0.3 is 15.2 Å². The van der Waals surface area contributed by atoms with E-state index in [0.29, 0.717) is 23.9 Å². The number of aliphatic hydroxyl groups is 1. The lowest BCUT2D eigenvalue weighted by atomic mass is 10.1. The van der Waals surface area contributed by atoms with Crippen molar-refractivity contribution in [2.75, 3.05) is 19.7 Å². The molecule has 2 N–H and O–H groups in total. The summed E-state index contributed by atoms with van der Waals surface area (Å²) in [4.78, 5) is 3.87. The van der Waals surface area contributed by atoms with Crippen LogP contribution in [0.1, 0.15) is 19.4 Å². The highest BCUT2D eigenvalue weighted by Gasteiger charge is 2.29. The van der Waals surface area contributed by atoms with E-state index in [0.717, 1.165) is 6.54 Å². The highest BCUT2D eigenvalue weighted by atomic mass is 35.5. The molecule has 0 saturated carbocycles. The molecule has 0 saturated heterocycles. The molecule has 0 aliphatic heterocycles. The standard InChI is InChI=1S/C11H17ClN2O2/c1-3-13-8-11(15,16-4-2)9-5-6-14-10(12)7-9/h5-7,13,15H,3-4,8H2,1-2H3. The summed E-state index contributed by atoms with van der Waals surface area (Å²) in [6, 6.07) is 3.30. The predicted octanol–water partition coefficient (Wildman–Crippen LogP) is 1.53. The quantitative estimate of drug-likeness (QED) is 0.589. The fourth-order valence-corrected chi connectivity index (χ4v) is 1.59. The second-order valence-electron chi connectivity index (χ2n) is 3.36. The van der Waals surface area contributed by atoms with Crippen LogP contribution >= 0.6 is 11.6 Å². The largest absolute Gasteiger partial charge is 0.361 e. The number of aromatic nitrogens is 1. The number of hydrogen-bond acceptors (Lipinski definition) is 4. The van der Waals surface area contributed by atoms with Crippen LogP contribution in [0, 0.1) is 0 Å². The molecule has 0 fully saturated rings. The van der Waals surface area contributed by atoms with E-state index in [-0.39, 0.29) is 0 Å². The Labute approximate surface area is 101 Å². The van der Waals surface area contributed by atoms with Gasteiger partial charge in [0.25, 0.3) is 0 Å². The van der Waals surface area contributed by atoms with Crippen molar-refractivity contribution >= 4 is 11.6 Å². The van der Waals surface area contributed by atoms with Crippen molar-refractivity contribution in [1.82, 2.24) is 10.3 Å². The lowest BCUT2D eigenvalue weighted by Crippen LogP contribution is -2.40. The van der Waals surface area contributed by atoms with Gasteiger partial charge in [-0.2, -0.15) is 0 Å². The minimum absolute atomic E-state index is 0.317. The van der Waals surface area contributed by atoms with Gasteiger partial charge in [0, 0.05) is 18.4 Å². The Morgan fingerprint density at radius 1 is 1.56 bits per heavy atom. The normalized spacial score (nSPS) is 14.8. The average Bonchev–Trinajstić information content (AvgIpc) is 2.27. The number of nitrogens with zero attached hydrogens (tertiary/aromatic N) is 1.